The maximum absolute atomic E-state index is 12.2. The van der Waals surface area contributed by atoms with Crippen LogP contribution in [0.3, 0.4) is 0 Å². The number of carbonyl (C=O) groups is 2. The first kappa shape index (κ1) is 12.8. The van der Waals surface area contributed by atoms with Gasteiger partial charge in [-0.3, -0.25) is 19.5 Å². The first-order chi connectivity index (χ1) is 9.56. The van der Waals surface area contributed by atoms with Gasteiger partial charge in [-0.15, -0.1) is 0 Å². The van der Waals surface area contributed by atoms with Crippen LogP contribution in [0.25, 0.3) is 0 Å². The number of fused-ring (bicyclic) bond motifs is 1. The van der Waals surface area contributed by atoms with Crippen molar-refractivity contribution < 1.29 is 9.59 Å². The number of hydrogen-bond acceptors (Lipinski definition) is 3. The molecule has 0 saturated carbocycles. The summed E-state index contributed by atoms with van der Waals surface area (Å²) in [4.78, 5) is 29.9. The van der Waals surface area contributed by atoms with Crippen LogP contribution >= 0.6 is 11.6 Å². The molecule has 0 radical (unpaired) electrons. The Labute approximate surface area is 121 Å². The predicted molar refractivity (Wildman–Crippen MR) is 74.6 cm³/mol. The summed E-state index contributed by atoms with van der Waals surface area (Å²) >= 11 is 5.97. The predicted octanol–water partition coefficient (Wildman–Crippen LogP) is 2.84. The maximum atomic E-state index is 12.2. The number of carbonyl (C=O) groups excluding carboxylic acids is 2. The SMILES string of the molecule is Cc1cc(Cl)cc(CN2C(=O)c3ccccc3C2=O)n1. The zero-order chi connectivity index (χ0) is 14.3. The number of benzene rings is 1. The lowest BCUT2D eigenvalue weighted by molar-refractivity contribution is 0.0640. The molecule has 0 atom stereocenters. The van der Waals surface area contributed by atoms with Gasteiger partial charge in [-0.05, 0) is 31.2 Å². The highest BCUT2D eigenvalue weighted by atomic mass is 35.5. The second kappa shape index (κ2) is 4.72. The standard InChI is InChI=1S/C15H11ClN2O2/c1-9-6-10(16)7-11(17-9)8-18-14(19)12-4-2-3-5-13(12)15(18)20/h2-7H,8H2,1H3. The number of nitrogens with zero attached hydrogens (tertiary/aromatic N) is 2. The molecule has 2 heterocycles. The molecule has 20 heavy (non-hydrogen) atoms. The van der Waals surface area contributed by atoms with Gasteiger partial charge in [-0.2, -0.15) is 0 Å². The van der Waals surface area contributed by atoms with Crippen LogP contribution < -0.4 is 0 Å². The summed E-state index contributed by atoms with van der Waals surface area (Å²) in [6, 6.07) is 10.2. The number of imide groups is 1. The number of aryl methyl sites for hydroxylation is 1. The number of aromatic nitrogens is 1. The highest BCUT2D eigenvalue weighted by Gasteiger charge is 2.35. The van der Waals surface area contributed by atoms with Gasteiger partial charge in [-0.25, -0.2) is 0 Å². The lowest BCUT2D eigenvalue weighted by Gasteiger charge is -2.13. The molecule has 3 rings (SSSR count). The summed E-state index contributed by atoms with van der Waals surface area (Å²) in [5.41, 5.74) is 2.24. The van der Waals surface area contributed by atoms with E-state index in [0.29, 0.717) is 21.8 Å². The largest absolute Gasteiger partial charge is 0.269 e. The molecule has 0 unspecified atom stereocenters. The molecule has 2 aromatic rings. The van der Waals surface area contributed by atoms with Crippen molar-refractivity contribution in [1.82, 2.24) is 9.88 Å². The molecule has 0 fully saturated rings. The van der Waals surface area contributed by atoms with Gasteiger partial charge < -0.3 is 0 Å². The quantitative estimate of drug-likeness (QED) is 0.798. The number of hydrogen-bond donors (Lipinski definition) is 0. The van der Waals surface area contributed by atoms with Gasteiger partial charge in [-0.1, -0.05) is 23.7 Å². The van der Waals surface area contributed by atoms with Crippen LogP contribution in [0.4, 0.5) is 0 Å². The summed E-state index contributed by atoms with van der Waals surface area (Å²) in [5, 5.41) is 0.545. The van der Waals surface area contributed by atoms with E-state index in [1.165, 1.54) is 4.90 Å². The van der Waals surface area contributed by atoms with Crippen LogP contribution in [0.15, 0.2) is 36.4 Å². The third kappa shape index (κ3) is 2.08. The Morgan fingerprint density at radius 2 is 1.70 bits per heavy atom. The second-order valence-corrected chi connectivity index (χ2v) is 5.10. The molecule has 1 aliphatic heterocycles. The molecule has 0 saturated heterocycles. The van der Waals surface area contributed by atoms with Crippen molar-refractivity contribution in [3.8, 4) is 0 Å². The van der Waals surface area contributed by atoms with Crippen molar-refractivity contribution in [2.75, 3.05) is 0 Å². The highest BCUT2D eigenvalue weighted by Crippen LogP contribution is 2.24. The van der Waals surface area contributed by atoms with E-state index < -0.39 is 0 Å². The molecule has 1 aliphatic rings. The Morgan fingerprint density at radius 1 is 1.10 bits per heavy atom. The van der Waals surface area contributed by atoms with Crippen LogP contribution in [-0.2, 0) is 6.54 Å². The zero-order valence-electron chi connectivity index (χ0n) is 10.8. The molecule has 0 spiro atoms. The Hall–Kier alpha value is -2.20. The molecule has 4 nitrogen and oxygen atoms in total. The normalized spacial score (nSPS) is 13.8. The third-order valence-electron chi connectivity index (χ3n) is 3.17. The summed E-state index contributed by atoms with van der Waals surface area (Å²) in [5.74, 6) is -0.574. The number of amides is 2. The maximum Gasteiger partial charge on any atom is 0.261 e. The molecule has 100 valence electrons. The molecular formula is C15H11ClN2O2. The number of rotatable bonds is 2. The van der Waals surface area contributed by atoms with Gasteiger partial charge in [0.05, 0.1) is 23.4 Å². The van der Waals surface area contributed by atoms with Crippen molar-refractivity contribution in [3.63, 3.8) is 0 Å². The van der Waals surface area contributed by atoms with E-state index in [4.69, 9.17) is 11.6 Å². The summed E-state index contributed by atoms with van der Waals surface area (Å²) in [7, 11) is 0. The fraction of sp³-hybridized carbons (Fsp3) is 0.133. The zero-order valence-corrected chi connectivity index (χ0v) is 11.5. The fourth-order valence-corrected chi connectivity index (χ4v) is 2.60. The minimum absolute atomic E-state index is 0.133. The average Bonchev–Trinajstić information content (AvgIpc) is 2.64. The van der Waals surface area contributed by atoms with Crippen molar-refractivity contribution in [2.24, 2.45) is 0 Å². The van der Waals surface area contributed by atoms with Crippen molar-refractivity contribution in [3.05, 3.63) is 63.9 Å². The van der Waals surface area contributed by atoms with E-state index >= 15 is 0 Å². The van der Waals surface area contributed by atoms with Crippen LogP contribution in [0.5, 0.6) is 0 Å². The first-order valence-electron chi connectivity index (χ1n) is 6.14. The number of pyridine rings is 1. The molecule has 0 bridgehead atoms. The lowest BCUT2D eigenvalue weighted by Crippen LogP contribution is -2.29. The van der Waals surface area contributed by atoms with Crippen LogP contribution in [-0.4, -0.2) is 21.7 Å². The van der Waals surface area contributed by atoms with Crippen molar-refractivity contribution >= 4 is 23.4 Å². The Bertz CT molecular complexity index is 672. The van der Waals surface area contributed by atoms with Gasteiger partial charge in [0, 0.05) is 10.7 Å². The molecule has 1 aromatic carbocycles. The van der Waals surface area contributed by atoms with Gasteiger partial charge in [0.1, 0.15) is 0 Å². The van der Waals surface area contributed by atoms with Gasteiger partial charge >= 0.3 is 0 Å². The second-order valence-electron chi connectivity index (χ2n) is 4.66. The van der Waals surface area contributed by atoms with E-state index in [2.05, 4.69) is 4.98 Å². The summed E-state index contributed by atoms with van der Waals surface area (Å²) in [6.45, 7) is 1.95. The Morgan fingerprint density at radius 3 is 2.25 bits per heavy atom. The van der Waals surface area contributed by atoms with E-state index in [1.807, 2.05) is 6.92 Å². The molecule has 0 aliphatic carbocycles. The summed E-state index contributed by atoms with van der Waals surface area (Å²) in [6.07, 6.45) is 0. The van der Waals surface area contributed by atoms with Gasteiger partial charge in [0.2, 0.25) is 0 Å². The van der Waals surface area contributed by atoms with E-state index in [1.54, 1.807) is 36.4 Å². The third-order valence-corrected chi connectivity index (χ3v) is 3.39. The van der Waals surface area contributed by atoms with E-state index in [9.17, 15) is 9.59 Å². The first-order valence-corrected chi connectivity index (χ1v) is 6.52. The average molecular weight is 287 g/mol. The van der Waals surface area contributed by atoms with Gasteiger partial charge in [0.25, 0.3) is 11.8 Å². The van der Waals surface area contributed by atoms with Crippen molar-refractivity contribution in [1.29, 1.82) is 0 Å². The minimum atomic E-state index is -0.287. The molecular weight excluding hydrogens is 276 g/mol. The monoisotopic (exact) mass is 286 g/mol. The summed E-state index contributed by atoms with van der Waals surface area (Å²) < 4.78 is 0. The highest BCUT2D eigenvalue weighted by molar-refractivity contribution is 6.30. The fourth-order valence-electron chi connectivity index (χ4n) is 2.32. The topological polar surface area (TPSA) is 50.3 Å². The Balaban J connectivity index is 1.93. The number of halogens is 1. The van der Waals surface area contributed by atoms with Crippen LogP contribution in [0.1, 0.15) is 32.1 Å². The van der Waals surface area contributed by atoms with Crippen molar-refractivity contribution in [2.45, 2.75) is 13.5 Å². The van der Waals surface area contributed by atoms with Gasteiger partial charge in [0.15, 0.2) is 0 Å². The Kier molecular flexibility index (Phi) is 3.03. The lowest BCUT2D eigenvalue weighted by atomic mass is 10.1. The smallest absolute Gasteiger partial charge is 0.261 e. The molecule has 2 amide bonds. The van der Waals surface area contributed by atoms with Crippen LogP contribution in [0.2, 0.25) is 5.02 Å². The molecule has 0 N–H and O–H groups in total. The van der Waals surface area contributed by atoms with E-state index in [0.717, 1.165) is 5.69 Å². The van der Waals surface area contributed by atoms with Crippen LogP contribution in [0, 0.1) is 6.92 Å². The van der Waals surface area contributed by atoms with E-state index in [-0.39, 0.29) is 18.4 Å². The molecule has 5 heteroatoms. The minimum Gasteiger partial charge on any atom is -0.269 e. The molecule has 1 aromatic heterocycles.